The lowest BCUT2D eigenvalue weighted by atomic mass is 10.1. The number of aromatic amines is 1. The number of rotatable bonds is 3. The van der Waals surface area contributed by atoms with Crippen LogP contribution in [-0.4, -0.2) is 48.2 Å². The maximum absolute atomic E-state index is 11.6. The topological polar surface area (TPSA) is 162 Å². The molecule has 1 saturated heterocycles. The average Bonchev–Trinajstić information content (AvgIpc) is 3.03. The van der Waals surface area contributed by atoms with Crippen molar-refractivity contribution in [1.29, 1.82) is 0 Å². The molecular formula is C10H11N7O4. The summed E-state index contributed by atoms with van der Waals surface area (Å²) >= 11 is 0. The molecule has 3 N–H and O–H groups in total. The maximum Gasteiger partial charge on any atom is 0.278 e. The van der Waals surface area contributed by atoms with Gasteiger partial charge in [-0.15, -0.1) is 0 Å². The minimum absolute atomic E-state index is 0.0551. The first kappa shape index (κ1) is 13.5. The molecule has 21 heavy (non-hydrogen) atoms. The highest BCUT2D eigenvalue weighted by atomic mass is 16.6. The summed E-state index contributed by atoms with van der Waals surface area (Å²) in [6, 6.07) is 0. The van der Waals surface area contributed by atoms with Crippen molar-refractivity contribution in [2.45, 2.75) is 24.5 Å². The number of hydrogen-bond donors (Lipinski definition) is 3. The van der Waals surface area contributed by atoms with E-state index in [0.29, 0.717) is 0 Å². The van der Waals surface area contributed by atoms with Gasteiger partial charge in [-0.3, -0.25) is 9.36 Å². The van der Waals surface area contributed by atoms with Gasteiger partial charge in [0.15, 0.2) is 16.9 Å². The van der Waals surface area contributed by atoms with E-state index in [1.807, 2.05) is 0 Å². The summed E-state index contributed by atoms with van der Waals surface area (Å²) in [5.41, 5.74) is 6.78. The van der Waals surface area contributed by atoms with Gasteiger partial charge in [-0.2, -0.15) is 0 Å². The Morgan fingerprint density at radius 3 is 3.19 bits per heavy atom. The molecule has 0 aromatic carbocycles. The van der Waals surface area contributed by atoms with E-state index in [1.54, 1.807) is 0 Å². The van der Waals surface area contributed by atoms with E-state index in [1.165, 1.54) is 17.2 Å². The summed E-state index contributed by atoms with van der Waals surface area (Å²) < 4.78 is 6.94. The molecule has 2 aromatic heterocycles. The van der Waals surface area contributed by atoms with Crippen LogP contribution in [0.2, 0.25) is 0 Å². The number of nitrogens with one attached hydrogen (secondary N) is 1. The van der Waals surface area contributed by atoms with Crippen molar-refractivity contribution in [2.75, 3.05) is 6.61 Å². The highest BCUT2D eigenvalue weighted by molar-refractivity contribution is 5.68. The van der Waals surface area contributed by atoms with Gasteiger partial charge in [0.2, 0.25) is 0 Å². The summed E-state index contributed by atoms with van der Waals surface area (Å²) in [7, 11) is 0. The van der Waals surface area contributed by atoms with E-state index in [9.17, 15) is 15.0 Å². The predicted molar refractivity (Wildman–Crippen MR) is 67.9 cm³/mol. The fraction of sp³-hybridized carbons (Fsp3) is 0.500. The molecule has 2 aromatic rings. The second kappa shape index (κ2) is 4.82. The molecular weight excluding hydrogens is 282 g/mol. The SMILES string of the molecule is [N-]=[N+]=N[C@]1(CO)O[C@@H](n2cnc3c(=O)[nH]cnc32)CC1O. The Morgan fingerprint density at radius 2 is 2.48 bits per heavy atom. The van der Waals surface area contributed by atoms with Crippen molar-refractivity contribution in [3.63, 3.8) is 0 Å². The Hall–Kier alpha value is -2.46. The van der Waals surface area contributed by atoms with Crippen LogP contribution in [0.5, 0.6) is 0 Å². The Bertz CT molecular complexity index is 779. The molecule has 0 amide bonds. The number of aliphatic hydroxyl groups excluding tert-OH is 2. The Balaban J connectivity index is 2.04. The number of nitrogens with zero attached hydrogens (tertiary/aromatic N) is 6. The van der Waals surface area contributed by atoms with Gasteiger partial charge in [-0.25, -0.2) is 9.97 Å². The van der Waals surface area contributed by atoms with Crippen LogP contribution in [0.3, 0.4) is 0 Å². The lowest BCUT2D eigenvalue weighted by Gasteiger charge is -2.24. The number of imidazole rings is 1. The summed E-state index contributed by atoms with van der Waals surface area (Å²) in [6.07, 6.45) is 0.661. The zero-order valence-electron chi connectivity index (χ0n) is 10.6. The highest BCUT2D eigenvalue weighted by Crippen LogP contribution is 2.38. The highest BCUT2D eigenvalue weighted by Gasteiger charge is 2.48. The molecule has 1 fully saturated rings. The van der Waals surface area contributed by atoms with Crippen LogP contribution in [0.25, 0.3) is 21.6 Å². The third-order valence-electron chi connectivity index (χ3n) is 3.40. The van der Waals surface area contributed by atoms with E-state index in [-0.39, 0.29) is 17.6 Å². The number of ether oxygens (including phenoxy) is 1. The molecule has 11 nitrogen and oxygen atoms in total. The fourth-order valence-corrected chi connectivity index (χ4v) is 2.32. The van der Waals surface area contributed by atoms with Gasteiger partial charge in [-0.1, -0.05) is 5.11 Å². The van der Waals surface area contributed by atoms with Crippen molar-refractivity contribution in [3.05, 3.63) is 33.5 Å². The smallest absolute Gasteiger partial charge is 0.278 e. The van der Waals surface area contributed by atoms with Crippen LogP contribution < -0.4 is 5.56 Å². The molecule has 3 heterocycles. The standard InChI is InChI=1S/C10H11N7O4/c11-16-15-10(2-18)5(19)1-6(21-10)17-4-14-7-8(17)12-3-13-9(7)20/h3-6,18-19H,1-2H2,(H,12,13,20)/t5?,6-,10-/m1/s1. The van der Waals surface area contributed by atoms with Crippen molar-refractivity contribution in [1.82, 2.24) is 19.5 Å². The lowest BCUT2D eigenvalue weighted by molar-refractivity contribution is -0.122. The fourth-order valence-electron chi connectivity index (χ4n) is 2.32. The predicted octanol–water partition coefficient (Wildman–Crippen LogP) is -0.602. The minimum Gasteiger partial charge on any atom is -0.393 e. The zero-order chi connectivity index (χ0) is 15.0. The van der Waals surface area contributed by atoms with Gasteiger partial charge in [0.05, 0.1) is 25.4 Å². The van der Waals surface area contributed by atoms with Crippen molar-refractivity contribution in [2.24, 2.45) is 5.11 Å². The molecule has 1 aliphatic heterocycles. The first-order valence-corrected chi connectivity index (χ1v) is 6.04. The van der Waals surface area contributed by atoms with Gasteiger partial charge in [0.1, 0.15) is 6.23 Å². The number of aromatic nitrogens is 4. The number of H-pyrrole nitrogens is 1. The van der Waals surface area contributed by atoms with Crippen LogP contribution in [0.15, 0.2) is 22.6 Å². The summed E-state index contributed by atoms with van der Waals surface area (Å²) in [4.78, 5) is 24.5. The van der Waals surface area contributed by atoms with Crippen LogP contribution in [0.4, 0.5) is 0 Å². The van der Waals surface area contributed by atoms with Gasteiger partial charge in [0.25, 0.3) is 5.56 Å². The van der Waals surface area contributed by atoms with E-state index in [2.05, 4.69) is 25.0 Å². The third kappa shape index (κ3) is 1.96. The van der Waals surface area contributed by atoms with Gasteiger partial charge in [0, 0.05) is 11.3 Å². The number of hydrogen-bond acceptors (Lipinski definition) is 7. The Morgan fingerprint density at radius 1 is 1.67 bits per heavy atom. The lowest BCUT2D eigenvalue weighted by Crippen LogP contribution is -2.40. The number of fused-ring (bicyclic) bond motifs is 1. The first-order chi connectivity index (χ1) is 10.1. The average molecular weight is 293 g/mol. The molecule has 1 aliphatic rings. The van der Waals surface area contributed by atoms with Crippen LogP contribution in [-0.2, 0) is 4.74 Å². The van der Waals surface area contributed by atoms with Crippen LogP contribution >= 0.6 is 0 Å². The molecule has 1 unspecified atom stereocenters. The van der Waals surface area contributed by atoms with Gasteiger partial charge >= 0.3 is 0 Å². The van der Waals surface area contributed by atoms with Gasteiger partial charge < -0.3 is 19.9 Å². The summed E-state index contributed by atoms with van der Waals surface area (Å²) in [5.74, 6) is 0. The van der Waals surface area contributed by atoms with Crippen LogP contribution in [0.1, 0.15) is 12.6 Å². The van der Waals surface area contributed by atoms with E-state index < -0.39 is 30.2 Å². The maximum atomic E-state index is 11.6. The summed E-state index contributed by atoms with van der Waals surface area (Å²) in [6.45, 7) is -0.671. The summed E-state index contributed by atoms with van der Waals surface area (Å²) in [5, 5.41) is 22.7. The molecule has 0 aliphatic carbocycles. The Kier molecular flexibility index (Phi) is 3.11. The Labute approximate surface area is 116 Å². The van der Waals surface area contributed by atoms with E-state index in [4.69, 9.17) is 10.3 Å². The molecule has 0 spiro atoms. The van der Waals surface area contributed by atoms with E-state index >= 15 is 0 Å². The largest absolute Gasteiger partial charge is 0.393 e. The molecule has 110 valence electrons. The molecule has 0 bridgehead atoms. The zero-order valence-corrected chi connectivity index (χ0v) is 10.6. The van der Waals surface area contributed by atoms with Crippen molar-refractivity contribution >= 4 is 11.2 Å². The molecule has 3 rings (SSSR count). The number of azide groups is 1. The van der Waals surface area contributed by atoms with Gasteiger partial charge in [-0.05, 0) is 5.53 Å². The first-order valence-electron chi connectivity index (χ1n) is 6.04. The minimum atomic E-state index is -1.75. The second-order valence-corrected chi connectivity index (χ2v) is 4.57. The van der Waals surface area contributed by atoms with Crippen molar-refractivity contribution < 1.29 is 14.9 Å². The second-order valence-electron chi connectivity index (χ2n) is 4.57. The van der Waals surface area contributed by atoms with Crippen molar-refractivity contribution in [3.8, 4) is 0 Å². The third-order valence-corrected chi connectivity index (χ3v) is 3.40. The van der Waals surface area contributed by atoms with E-state index in [0.717, 1.165) is 0 Å². The monoisotopic (exact) mass is 293 g/mol. The normalized spacial score (nSPS) is 28.7. The van der Waals surface area contributed by atoms with Crippen LogP contribution in [0, 0.1) is 0 Å². The molecule has 11 heteroatoms. The number of aliphatic hydroxyl groups is 2. The molecule has 0 saturated carbocycles. The molecule has 0 radical (unpaired) electrons. The molecule has 3 atom stereocenters. The quantitative estimate of drug-likeness (QED) is 0.388.